The van der Waals surface area contributed by atoms with Crippen molar-refractivity contribution >= 4 is 45.5 Å². The van der Waals surface area contributed by atoms with Crippen LogP contribution in [0.5, 0.6) is 5.75 Å². The number of hydrogen-bond donors (Lipinski definition) is 0. The first kappa shape index (κ1) is 30.3. The van der Waals surface area contributed by atoms with E-state index in [1.165, 1.54) is 23.5 Å². The van der Waals surface area contributed by atoms with Crippen LogP contribution in [0.15, 0.2) is 75.7 Å². The Morgan fingerprint density at radius 2 is 1.87 bits per heavy atom. The molecule has 4 aromatic rings. The van der Waals surface area contributed by atoms with E-state index in [1.807, 2.05) is 57.2 Å². The number of allylic oxidation sites excluding steroid dienone is 1. The number of ether oxygens (including phenoxy) is 1. The van der Waals surface area contributed by atoms with Gasteiger partial charge in [0.1, 0.15) is 11.8 Å². The number of carbonyl (C=O) groups excluding carboxylic acids is 1. The van der Waals surface area contributed by atoms with Crippen LogP contribution in [0.1, 0.15) is 50.8 Å². The molecule has 0 saturated carbocycles. The number of carbonyl (C=O) groups is 1. The molecule has 45 heavy (non-hydrogen) atoms. The van der Waals surface area contributed by atoms with Gasteiger partial charge in [0.15, 0.2) is 4.80 Å². The lowest BCUT2D eigenvalue weighted by atomic mass is 9.90. The van der Waals surface area contributed by atoms with Crippen LogP contribution in [0.2, 0.25) is 0 Å². The lowest BCUT2D eigenvalue weighted by molar-refractivity contribution is -0.384. The summed E-state index contributed by atoms with van der Waals surface area (Å²) in [6.07, 6.45) is 3.80. The minimum absolute atomic E-state index is 0.0432. The molecule has 2 aliphatic rings. The Morgan fingerprint density at radius 1 is 1.13 bits per heavy atom. The van der Waals surface area contributed by atoms with E-state index in [4.69, 9.17) is 9.73 Å². The smallest absolute Gasteiger partial charge is 0.271 e. The first-order chi connectivity index (χ1) is 21.8. The fourth-order valence-electron chi connectivity index (χ4n) is 6.44. The molecule has 1 saturated heterocycles. The second-order valence-corrected chi connectivity index (χ2v) is 12.2. The number of anilines is 1. The number of nitro groups is 1. The van der Waals surface area contributed by atoms with Gasteiger partial charge in [-0.15, -0.1) is 0 Å². The van der Waals surface area contributed by atoms with Gasteiger partial charge in [-0.3, -0.25) is 24.3 Å². The van der Waals surface area contributed by atoms with Crippen molar-refractivity contribution in [3.8, 4) is 5.75 Å². The van der Waals surface area contributed by atoms with E-state index < -0.39 is 11.0 Å². The summed E-state index contributed by atoms with van der Waals surface area (Å²) in [5, 5.41) is 13.5. The van der Waals surface area contributed by atoms with Gasteiger partial charge in [0, 0.05) is 55.1 Å². The molecule has 1 fully saturated rings. The Hall–Kier alpha value is -4.77. The molecule has 10 nitrogen and oxygen atoms in total. The van der Waals surface area contributed by atoms with Crippen LogP contribution in [0, 0.1) is 10.1 Å². The number of non-ortho nitro benzene ring substituents is 1. The van der Waals surface area contributed by atoms with Crippen LogP contribution in [0.4, 0.5) is 11.4 Å². The zero-order chi connectivity index (χ0) is 31.8. The highest BCUT2D eigenvalue weighted by Crippen LogP contribution is 2.40. The van der Waals surface area contributed by atoms with Crippen LogP contribution in [-0.4, -0.2) is 53.6 Å². The molecule has 1 atom stereocenters. The Bertz CT molecular complexity index is 2040. The third kappa shape index (κ3) is 5.31. The quantitative estimate of drug-likeness (QED) is 0.206. The molecule has 11 heteroatoms. The van der Waals surface area contributed by atoms with Gasteiger partial charge in [0.05, 0.1) is 27.8 Å². The summed E-state index contributed by atoms with van der Waals surface area (Å²) < 4.78 is 7.85. The largest absolute Gasteiger partial charge is 0.496 e. The number of methoxy groups -OCH3 is 1. The van der Waals surface area contributed by atoms with Gasteiger partial charge in [-0.25, -0.2) is 4.99 Å². The molecule has 3 heterocycles. The summed E-state index contributed by atoms with van der Waals surface area (Å²) in [7, 11) is 1.59. The average Bonchev–Trinajstić information content (AvgIpc) is 3.68. The molecule has 1 amide bonds. The van der Waals surface area contributed by atoms with Crippen molar-refractivity contribution in [2.45, 2.75) is 39.7 Å². The molecule has 3 aromatic carbocycles. The van der Waals surface area contributed by atoms with Gasteiger partial charge in [0.25, 0.3) is 17.2 Å². The molecule has 0 spiro atoms. The normalized spacial score (nSPS) is 16.6. The summed E-state index contributed by atoms with van der Waals surface area (Å²) in [5.41, 5.74) is 2.75. The second kappa shape index (κ2) is 12.3. The molecule has 232 valence electrons. The molecule has 6 rings (SSSR count). The standard InChI is InChI=1S/C34H35N5O5S/c1-5-36(6-2)33(41)29-21(3)35-34-38(31(29)30-25-12-8-7-11-22(25)13-16-27(30)44-4)32(40)28(45-34)20-23-19-24(39(42)43)14-15-26(23)37-17-9-10-18-37/h7-8,11-16,19-20,31H,5-6,9-10,17-18H2,1-4H3/b28-20-/t31-/m0/s1. The highest BCUT2D eigenvalue weighted by atomic mass is 32.1. The molecular formula is C34H35N5O5S. The van der Waals surface area contributed by atoms with Crippen molar-refractivity contribution in [1.29, 1.82) is 0 Å². The van der Waals surface area contributed by atoms with E-state index >= 15 is 0 Å². The van der Waals surface area contributed by atoms with E-state index in [0.29, 0.717) is 50.6 Å². The Kier molecular flexibility index (Phi) is 8.28. The Morgan fingerprint density at radius 3 is 2.56 bits per heavy atom. The van der Waals surface area contributed by atoms with Crippen LogP contribution < -0.4 is 24.5 Å². The fourth-order valence-corrected chi connectivity index (χ4v) is 7.48. The molecule has 0 N–H and O–H groups in total. The summed E-state index contributed by atoms with van der Waals surface area (Å²) in [6, 6.07) is 15.7. The zero-order valence-electron chi connectivity index (χ0n) is 25.8. The highest BCUT2D eigenvalue weighted by Gasteiger charge is 2.36. The van der Waals surface area contributed by atoms with E-state index in [9.17, 15) is 19.7 Å². The van der Waals surface area contributed by atoms with Gasteiger partial charge < -0.3 is 14.5 Å². The zero-order valence-corrected chi connectivity index (χ0v) is 26.6. The third-order valence-electron chi connectivity index (χ3n) is 8.68. The molecule has 0 radical (unpaired) electrons. The van der Waals surface area contributed by atoms with E-state index in [0.717, 1.165) is 42.4 Å². The summed E-state index contributed by atoms with van der Waals surface area (Å²) in [4.78, 5) is 49.2. The topological polar surface area (TPSA) is 110 Å². The minimum Gasteiger partial charge on any atom is -0.496 e. The minimum atomic E-state index is -0.805. The summed E-state index contributed by atoms with van der Waals surface area (Å²) in [6.45, 7) is 8.36. The first-order valence-corrected chi connectivity index (χ1v) is 16.0. The number of hydrogen-bond acceptors (Lipinski definition) is 8. The second-order valence-electron chi connectivity index (χ2n) is 11.2. The van der Waals surface area contributed by atoms with Crippen molar-refractivity contribution in [1.82, 2.24) is 9.47 Å². The highest BCUT2D eigenvalue weighted by molar-refractivity contribution is 7.07. The van der Waals surface area contributed by atoms with Crippen LogP contribution >= 0.6 is 11.3 Å². The average molecular weight is 626 g/mol. The van der Waals surface area contributed by atoms with E-state index in [2.05, 4.69) is 4.90 Å². The van der Waals surface area contributed by atoms with Gasteiger partial charge >= 0.3 is 0 Å². The number of likely N-dealkylation sites (N-methyl/N-ethyl adjacent to an activating group) is 1. The number of amides is 1. The third-order valence-corrected chi connectivity index (χ3v) is 9.67. The number of aromatic nitrogens is 1. The number of rotatable bonds is 8. The SMILES string of the molecule is CCN(CC)C(=O)C1=C(C)N=c2s/c(=C\c3cc([N+](=O)[O-])ccc3N3CCCC3)c(=O)n2[C@@H]1c1c(OC)ccc2ccccc12. The lowest BCUT2D eigenvalue weighted by Gasteiger charge is -2.30. The Labute approximate surface area is 264 Å². The van der Waals surface area contributed by atoms with Gasteiger partial charge in [-0.1, -0.05) is 41.7 Å². The monoisotopic (exact) mass is 625 g/mol. The number of benzene rings is 3. The molecule has 0 aliphatic carbocycles. The van der Waals surface area contributed by atoms with Gasteiger partial charge in [-0.05, 0) is 62.6 Å². The predicted molar refractivity (Wildman–Crippen MR) is 177 cm³/mol. The molecule has 0 bridgehead atoms. The van der Waals surface area contributed by atoms with Crippen LogP contribution in [0.3, 0.4) is 0 Å². The molecule has 0 unspecified atom stereocenters. The van der Waals surface area contributed by atoms with Crippen molar-refractivity contribution in [3.63, 3.8) is 0 Å². The van der Waals surface area contributed by atoms with Crippen molar-refractivity contribution in [3.05, 3.63) is 107 Å². The van der Waals surface area contributed by atoms with Crippen LogP contribution in [-0.2, 0) is 4.79 Å². The maximum atomic E-state index is 14.5. The summed E-state index contributed by atoms with van der Waals surface area (Å²) in [5.74, 6) is 0.369. The Balaban J connectivity index is 1.65. The lowest BCUT2D eigenvalue weighted by Crippen LogP contribution is -2.43. The molecular weight excluding hydrogens is 590 g/mol. The van der Waals surface area contributed by atoms with Crippen molar-refractivity contribution in [2.75, 3.05) is 38.2 Å². The number of fused-ring (bicyclic) bond motifs is 2. The number of nitro benzene ring substituents is 1. The van der Waals surface area contributed by atoms with Crippen molar-refractivity contribution < 1.29 is 14.5 Å². The number of nitrogens with zero attached hydrogens (tertiary/aromatic N) is 5. The van der Waals surface area contributed by atoms with Gasteiger partial charge in [-0.2, -0.15) is 0 Å². The van der Waals surface area contributed by atoms with Crippen molar-refractivity contribution in [2.24, 2.45) is 4.99 Å². The van der Waals surface area contributed by atoms with E-state index in [-0.39, 0.29) is 17.2 Å². The first-order valence-electron chi connectivity index (χ1n) is 15.2. The van der Waals surface area contributed by atoms with Crippen LogP contribution in [0.25, 0.3) is 16.8 Å². The maximum absolute atomic E-state index is 14.5. The number of thiazole rings is 1. The fraction of sp³-hybridized carbons (Fsp3) is 0.324. The van der Waals surface area contributed by atoms with E-state index in [1.54, 1.807) is 28.7 Å². The molecule has 1 aromatic heterocycles. The summed E-state index contributed by atoms with van der Waals surface area (Å²) >= 11 is 1.22. The van der Waals surface area contributed by atoms with Gasteiger partial charge in [0.2, 0.25) is 0 Å². The predicted octanol–water partition coefficient (Wildman–Crippen LogP) is 4.77. The maximum Gasteiger partial charge on any atom is 0.271 e. The molecule has 2 aliphatic heterocycles.